The van der Waals surface area contributed by atoms with Crippen LogP contribution in [-0.4, -0.2) is 31.8 Å². The van der Waals surface area contributed by atoms with Crippen molar-refractivity contribution in [3.8, 4) is 0 Å². The molecule has 0 unspecified atom stereocenters. The number of anilines is 1. The van der Waals surface area contributed by atoms with Crippen molar-refractivity contribution in [1.29, 1.82) is 0 Å². The minimum atomic E-state index is 0.611. The molecule has 0 atom stereocenters. The van der Waals surface area contributed by atoms with Gasteiger partial charge in [-0.2, -0.15) is 0 Å². The summed E-state index contributed by atoms with van der Waals surface area (Å²) in [6, 6.07) is 5.85. The molecule has 0 aliphatic rings. The summed E-state index contributed by atoms with van der Waals surface area (Å²) in [4.78, 5) is 6.34. The van der Waals surface area contributed by atoms with Crippen LogP contribution in [0.2, 0.25) is 5.02 Å². The predicted molar refractivity (Wildman–Crippen MR) is 82.0 cm³/mol. The Morgan fingerprint density at radius 1 is 1.50 bits per heavy atom. The molecule has 0 spiro atoms. The van der Waals surface area contributed by atoms with Gasteiger partial charge < -0.3 is 9.64 Å². The molecular weight excluding hydrogens is 268 g/mol. The van der Waals surface area contributed by atoms with E-state index in [2.05, 4.69) is 9.89 Å². The Bertz CT molecular complexity index is 423. The van der Waals surface area contributed by atoms with Gasteiger partial charge in [-0.3, -0.25) is 4.99 Å². The van der Waals surface area contributed by atoms with Crippen LogP contribution in [-0.2, 0) is 4.74 Å². The normalized spacial score (nSPS) is 11.7. The summed E-state index contributed by atoms with van der Waals surface area (Å²) in [7, 11) is 3.79. The SMILES string of the molecule is CCOCSC(=NC)N(C)c1ccc(Cl)cc1C. The molecule has 0 aliphatic heterocycles. The van der Waals surface area contributed by atoms with Crippen LogP contribution >= 0.6 is 23.4 Å². The third-order valence-corrected chi connectivity index (χ3v) is 3.71. The Morgan fingerprint density at radius 3 is 2.78 bits per heavy atom. The molecule has 0 bridgehead atoms. The first-order valence-electron chi connectivity index (χ1n) is 5.77. The molecule has 5 heteroatoms. The van der Waals surface area contributed by atoms with Gasteiger partial charge >= 0.3 is 0 Å². The molecule has 0 heterocycles. The second-order valence-electron chi connectivity index (χ2n) is 3.75. The van der Waals surface area contributed by atoms with E-state index in [0.29, 0.717) is 12.5 Å². The molecule has 0 aliphatic carbocycles. The molecular formula is C13H19ClN2OS. The van der Waals surface area contributed by atoms with E-state index in [9.17, 15) is 0 Å². The summed E-state index contributed by atoms with van der Waals surface area (Å²) in [5, 5.41) is 1.68. The zero-order valence-corrected chi connectivity index (χ0v) is 12.8. The number of hydrogen-bond acceptors (Lipinski definition) is 3. The number of hydrogen-bond donors (Lipinski definition) is 0. The largest absolute Gasteiger partial charge is 0.371 e. The van der Waals surface area contributed by atoms with Crippen molar-refractivity contribution in [3.63, 3.8) is 0 Å². The first-order chi connectivity index (χ1) is 8.60. The number of halogens is 1. The molecule has 0 fully saturated rings. The number of aryl methyl sites for hydroxylation is 1. The van der Waals surface area contributed by atoms with Crippen LogP contribution in [0, 0.1) is 6.92 Å². The van der Waals surface area contributed by atoms with E-state index in [0.717, 1.165) is 21.4 Å². The molecule has 0 amide bonds. The first-order valence-corrected chi connectivity index (χ1v) is 7.13. The van der Waals surface area contributed by atoms with E-state index in [1.54, 1.807) is 18.8 Å². The van der Waals surface area contributed by atoms with Crippen molar-refractivity contribution in [2.24, 2.45) is 4.99 Å². The zero-order chi connectivity index (χ0) is 13.5. The van der Waals surface area contributed by atoms with Gasteiger partial charge in [0.25, 0.3) is 0 Å². The monoisotopic (exact) mass is 286 g/mol. The van der Waals surface area contributed by atoms with Crippen molar-refractivity contribution in [2.75, 3.05) is 31.5 Å². The Morgan fingerprint density at radius 2 is 2.22 bits per heavy atom. The smallest absolute Gasteiger partial charge is 0.165 e. The number of nitrogens with zero attached hydrogens (tertiary/aromatic N) is 2. The summed E-state index contributed by atoms with van der Waals surface area (Å²) < 4.78 is 5.34. The highest BCUT2D eigenvalue weighted by molar-refractivity contribution is 8.14. The van der Waals surface area contributed by atoms with Gasteiger partial charge in [-0.1, -0.05) is 23.4 Å². The maximum Gasteiger partial charge on any atom is 0.165 e. The van der Waals surface area contributed by atoms with Gasteiger partial charge in [0.1, 0.15) is 0 Å². The topological polar surface area (TPSA) is 24.8 Å². The van der Waals surface area contributed by atoms with E-state index in [1.165, 1.54) is 0 Å². The third kappa shape index (κ3) is 4.19. The highest BCUT2D eigenvalue weighted by Crippen LogP contribution is 2.25. The standard InChI is InChI=1S/C13H19ClN2OS/c1-5-17-9-18-13(15-3)16(4)12-7-6-11(14)8-10(12)2/h6-8H,5,9H2,1-4H3. The van der Waals surface area contributed by atoms with Gasteiger partial charge in [0, 0.05) is 31.4 Å². The van der Waals surface area contributed by atoms with E-state index < -0.39 is 0 Å². The third-order valence-electron chi connectivity index (χ3n) is 2.47. The molecule has 3 nitrogen and oxygen atoms in total. The lowest BCUT2D eigenvalue weighted by atomic mass is 10.2. The molecule has 18 heavy (non-hydrogen) atoms. The molecule has 0 saturated carbocycles. The van der Waals surface area contributed by atoms with Gasteiger partial charge in [-0.05, 0) is 37.6 Å². The van der Waals surface area contributed by atoms with Crippen molar-refractivity contribution < 1.29 is 4.74 Å². The number of rotatable bonds is 4. The quantitative estimate of drug-likeness (QED) is 0.364. The van der Waals surface area contributed by atoms with Crippen molar-refractivity contribution in [3.05, 3.63) is 28.8 Å². The molecule has 100 valence electrons. The van der Waals surface area contributed by atoms with E-state index in [4.69, 9.17) is 16.3 Å². The summed E-state index contributed by atoms with van der Waals surface area (Å²) in [6.45, 7) is 4.74. The fourth-order valence-corrected chi connectivity index (χ4v) is 2.59. The van der Waals surface area contributed by atoms with Gasteiger partial charge in [0.15, 0.2) is 5.17 Å². The van der Waals surface area contributed by atoms with Gasteiger partial charge in [0.05, 0.1) is 5.94 Å². The van der Waals surface area contributed by atoms with Gasteiger partial charge in [-0.25, -0.2) is 0 Å². The molecule has 0 saturated heterocycles. The molecule has 0 aromatic heterocycles. The number of benzene rings is 1. The number of thioether (sulfide) groups is 1. The predicted octanol–water partition coefficient (Wildman–Crippen LogP) is 3.80. The molecule has 1 aromatic rings. The second kappa shape index (κ2) is 7.67. The van der Waals surface area contributed by atoms with Crippen LogP contribution in [0.1, 0.15) is 12.5 Å². The lowest BCUT2D eigenvalue weighted by Crippen LogP contribution is -2.24. The molecule has 0 N–H and O–H groups in total. The average Bonchev–Trinajstić information content (AvgIpc) is 2.34. The van der Waals surface area contributed by atoms with Crippen LogP contribution in [0.5, 0.6) is 0 Å². The second-order valence-corrected chi connectivity index (χ2v) is 5.08. The number of ether oxygens (including phenoxy) is 1. The van der Waals surface area contributed by atoms with Gasteiger partial charge in [0.2, 0.25) is 0 Å². The Labute approximate surface area is 118 Å². The van der Waals surface area contributed by atoms with Crippen molar-refractivity contribution in [1.82, 2.24) is 0 Å². The summed E-state index contributed by atoms with van der Waals surface area (Å²) in [5.74, 6) is 0.611. The van der Waals surface area contributed by atoms with Crippen molar-refractivity contribution >= 4 is 34.2 Å². The van der Waals surface area contributed by atoms with Crippen LogP contribution in [0.15, 0.2) is 23.2 Å². The van der Waals surface area contributed by atoms with Crippen LogP contribution in [0.3, 0.4) is 0 Å². The first kappa shape index (κ1) is 15.3. The molecule has 1 aromatic carbocycles. The molecule has 0 radical (unpaired) electrons. The van der Waals surface area contributed by atoms with E-state index in [1.807, 2.05) is 39.1 Å². The van der Waals surface area contributed by atoms with E-state index >= 15 is 0 Å². The lowest BCUT2D eigenvalue weighted by Gasteiger charge is -2.22. The summed E-state index contributed by atoms with van der Waals surface area (Å²) in [6.07, 6.45) is 0. The zero-order valence-electron chi connectivity index (χ0n) is 11.2. The average molecular weight is 287 g/mol. The highest BCUT2D eigenvalue weighted by Gasteiger charge is 2.11. The van der Waals surface area contributed by atoms with Gasteiger partial charge in [-0.15, -0.1) is 0 Å². The lowest BCUT2D eigenvalue weighted by molar-refractivity contribution is 0.200. The number of aliphatic imine (C=N–C) groups is 1. The van der Waals surface area contributed by atoms with Crippen LogP contribution in [0.4, 0.5) is 5.69 Å². The minimum absolute atomic E-state index is 0.611. The highest BCUT2D eigenvalue weighted by atomic mass is 35.5. The Balaban J connectivity index is 2.80. The molecule has 1 rings (SSSR count). The van der Waals surface area contributed by atoms with Crippen molar-refractivity contribution in [2.45, 2.75) is 13.8 Å². The fourth-order valence-electron chi connectivity index (χ4n) is 1.59. The summed E-state index contributed by atoms with van der Waals surface area (Å²) >= 11 is 7.55. The van der Waals surface area contributed by atoms with E-state index in [-0.39, 0.29) is 0 Å². The minimum Gasteiger partial charge on any atom is -0.371 e. The fraction of sp³-hybridized carbons (Fsp3) is 0.462. The summed E-state index contributed by atoms with van der Waals surface area (Å²) in [5.41, 5.74) is 2.23. The maximum atomic E-state index is 5.96. The number of amidine groups is 1. The Hall–Kier alpha value is -0.710. The van der Waals surface area contributed by atoms with Crippen LogP contribution in [0.25, 0.3) is 0 Å². The van der Waals surface area contributed by atoms with Crippen LogP contribution < -0.4 is 4.90 Å². The Kier molecular flexibility index (Phi) is 6.54. The maximum absolute atomic E-state index is 5.96.